The number of rotatable bonds is 2. The van der Waals surface area contributed by atoms with E-state index in [0.717, 1.165) is 33.4 Å². The molecule has 1 aliphatic heterocycles. The molecule has 4 rings (SSSR count). The van der Waals surface area contributed by atoms with Crippen LogP contribution in [-0.2, 0) is 0 Å². The number of ether oxygens (including phenoxy) is 1. The predicted octanol–water partition coefficient (Wildman–Crippen LogP) is 3.44. The highest BCUT2D eigenvalue weighted by Crippen LogP contribution is 2.36. The maximum atomic E-state index is 5.26. The average Bonchev–Trinajstić information content (AvgIpc) is 3.03. The molecule has 0 saturated heterocycles. The van der Waals surface area contributed by atoms with Crippen LogP contribution in [0.1, 0.15) is 27.4 Å². The Balaban J connectivity index is 1.95. The van der Waals surface area contributed by atoms with E-state index in [2.05, 4.69) is 34.6 Å². The molecule has 0 unspecified atom stereocenters. The fraction of sp³-hybridized carbons (Fsp3) is 0.235. The van der Waals surface area contributed by atoms with Gasteiger partial charge in [-0.05, 0) is 50.6 Å². The van der Waals surface area contributed by atoms with Crippen LogP contribution < -0.4 is 10.2 Å². The second-order valence-electron chi connectivity index (χ2n) is 5.67. The van der Waals surface area contributed by atoms with E-state index >= 15 is 0 Å². The van der Waals surface area contributed by atoms with E-state index in [-0.39, 0.29) is 0 Å². The van der Waals surface area contributed by atoms with Gasteiger partial charge in [0, 0.05) is 16.0 Å². The van der Waals surface area contributed by atoms with Gasteiger partial charge in [0.15, 0.2) is 0 Å². The van der Waals surface area contributed by atoms with Crippen LogP contribution in [0.5, 0.6) is 5.75 Å². The normalized spacial score (nSPS) is 12.8. The van der Waals surface area contributed by atoms with Gasteiger partial charge in [-0.25, -0.2) is 5.43 Å². The summed E-state index contributed by atoms with van der Waals surface area (Å²) in [4.78, 5) is 1.27. The van der Waals surface area contributed by atoms with Gasteiger partial charge in [0.05, 0.1) is 7.11 Å². The number of aryl methyl sites for hydroxylation is 2. The highest BCUT2D eigenvalue weighted by atomic mass is 32.1. The molecular formula is C17H17N5OS. The molecule has 122 valence electrons. The van der Waals surface area contributed by atoms with Crippen molar-refractivity contribution in [3.05, 3.63) is 51.7 Å². The van der Waals surface area contributed by atoms with Crippen LogP contribution in [0.25, 0.3) is 5.00 Å². The maximum absolute atomic E-state index is 5.26. The molecule has 1 aromatic carbocycles. The molecule has 3 aromatic rings. The Morgan fingerprint density at radius 3 is 2.54 bits per heavy atom. The molecule has 0 spiro atoms. The summed E-state index contributed by atoms with van der Waals surface area (Å²) in [5, 5.41) is 14.1. The van der Waals surface area contributed by atoms with Gasteiger partial charge in [0.25, 0.3) is 0 Å². The largest absolute Gasteiger partial charge is 0.497 e. The monoisotopic (exact) mass is 339 g/mol. The SMILES string of the molecule is COc1ccc(C2=NNc3nnc(C)n3-c3sc(C)c(C)c32)cc1. The molecular weight excluding hydrogens is 322 g/mol. The number of nitrogens with one attached hydrogen (secondary N) is 1. The number of methoxy groups -OCH3 is 1. The Bertz CT molecular complexity index is 952. The number of aromatic nitrogens is 3. The fourth-order valence-electron chi connectivity index (χ4n) is 2.84. The summed E-state index contributed by atoms with van der Waals surface area (Å²) in [7, 11) is 1.67. The van der Waals surface area contributed by atoms with Gasteiger partial charge in [-0.3, -0.25) is 4.57 Å². The lowest BCUT2D eigenvalue weighted by molar-refractivity contribution is 0.415. The van der Waals surface area contributed by atoms with Gasteiger partial charge in [-0.2, -0.15) is 5.10 Å². The topological polar surface area (TPSA) is 64.3 Å². The summed E-state index contributed by atoms with van der Waals surface area (Å²) in [6, 6.07) is 7.94. The number of thiophene rings is 1. The summed E-state index contributed by atoms with van der Waals surface area (Å²) in [6.07, 6.45) is 0. The second kappa shape index (κ2) is 5.45. The van der Waals surface area contributed by atoms with Gasteiger partial charge >= 0.3 is 0 Å². The zero-order valence-corrected chi connectivity index (χ0v) is 14.7. The van der Waals surface area contributed by atoms with Gasteiger partial charge in [0.2, 0.25) is 5.95 Å². The van der Waals surface area contributed by atoms with Gasteiger partial charge < -0.3 is 4.74 Å². The van der Waals surface area contributed by atoms with Crippen LogP contribution in [0.15, 0.2) is 29.4 Å². The van der Waals surface area contributed by atoms with Crippen LogP contribution in [-0.4, -0.2) is 27.6 Å². The van der Waals surface area contributed by atoms with E-state index in [1.54, 1.807) is 18.4 Å². The minimum Gasteiger partial charge on any atom is -0.497 e. The van der Waals surface area contributed by atoms with Crippen molar-refractivity contribution in [3.63, 3.8) is 0 Å². The maximum Gasteiger partial charge on any atom is 0.250 e. The molecule has 3 heterocycles. The number of benzene rings is 1. The summed E-state index contributed by atoms with van der Waals surface area (Å²) in [6.45, 7) is 6.21. The summed E-state index contributed by atoms with van der Waals surface area (Å²) in [5.74, 6) is 2.30. The third-order valence-electron chi connectivity index (χ3n) is 4.26. The quantitative estimate of drug-likeness (QED) is 0.777. The van der Waals surface area contributed by atoms with E-state index in [9.17, 15) is 0 Å². The molecule has 0 bridgehead atoms. The van der Waals surface area contributed by atoms with Crippen molar-refractivity contribution < 1.29 is 4.74 Å². The fourth-order valence-corrected chi connectivity index (χ4v) is 4.05. The van der Waals surface area contributed by atoms with Crippen LogP contribution in [0.4, 0.5) is 5.95 Å². The summed E-state index contributed by atoms with van der Waals surface area (Å²) < 4.78 is 7.28. The first kappa shape index (κ1) is 14.9. The second-order valence-corrected chi connectivity index (χ2v) is 6.87. The van der Waals surface area contributed by atoms with E-state index in [1.807, 2.05) is 35.8 Å². The van der Waals surface area contributed by atoms with Crippen molar-refractivity contribution in [1.82, 2.24) is 14.8 Å². The molecule has 2 aromatic heterocycles. The van der Waals surface area contributed by atoms with E-state index in [0.29, 0.717) is 5.95 Å². The lowest BCUT2D eigenvalue weighted by atomic mass is 10.00. The number of hydrogen-bond donors (Lipinski definition) is 1. The van der Waals surface area contributed by atoms with Crippen LogP contribution in [0.3, 0.4) is 0 Å². The van der Waals surface area contributed by atoms with E-state index in [4.69, 9.17) is 4.74 Å². The summed E-state index contributed by atoms with van der Waals surface area (Å²) in [5.41, 5.74) is 7.34. The van der Waals surface area contributed by atoms with E-state index < -0.39 is 0 Å². The Kier molecular flexibility index (Phi) is 3.38. The Morgan fingerprint density at radius 2 is 1.83 bits per heavy atom. The highest BCUT2D eigenvalue weighted by Gasteiger charge is 2.26. The lowest BCUT2D eigenvalue weighted by Gasteiger charge is -2.09. The molecule has 0 amide bonds. The van der Waals surface area contributed by atoms with Crippen LogP contribution in [0, 0.1) is 20.8 Å². The number of fused-ring (bicyclic) bond motifs is 3. The van der Waals surface area contributed by atoms with Crippen molar-refractivity contribution in [2.75, 3.05) is 12.5 Å². The number of anilines is 1. The zero-order valence-electron chi connectivity index (χ0n) is 13.9. The van der Waals surface area contributed by atoms with Gasteiger partial charge in [-0.1, -0.05) is 0 Å². The first-order chi connectivity index (χ1) is 11.6. The van der Waals surface area contributed by atoms with E-state index in [1.165, 1.54) is 10.4 Å². The number of hydrogen-bond acceptors (Lipinski definition) is 6. The molecule has 0 saturated carbocycles. The lowest BCUT2D eigenvalue weighted by Crippen LogP contribution is -2.07. The third kappa shape index (κ3) is 2.12. The van der Waals surface area contributed by atoms with Crippen molar-refractivity contribution in [2.45, 2.75) is 20.8 Å². The molecule has 24 heavy (non-hydrogen) atoms. The first-order valence-corrected chi connectivity index (χ1v) is 8.42. The average molecular weight is 339 g/mol. The van der Waals surface area contributed by atoms with Crippen molar-refractivity contribution in [3.8, 4) is 10.8 Å². The Morgan fingerprint density at radius 1 is 1.08 bits per heavy atom. The minimum atomic E-state index is 0.638. The Labute approximate surface area is 143 Å². The molecule has 0 atom stereocenters. The van der Waals surface area contributed by atoms with Gasteiger partial charge in [0.1, 0.15) is 22.3 Å². The Hall–Kier alpha value is -2.67. The van der Waals surface area contributed by atoms with Crippen molar-refractivity contribution >= 4 is 23.0 Å². The highest BCUT2D eigenvalue weighted by molar-refractivity contribution is 7.15. The van der Waals surface area contributed by atoms with Crippen LogP contribution >= 0.6 is 11.3 Å². The first-order valence-electron chi connectivity index (χ1n) is 7.61. The molecule has 6 nitrogen and oxygen atoms in total. The van der Waals surface area contributed by atoms with Crippen LogP contribution in [0.2, 0.25) is 0 Å². The smallest absolute Gasteiger partial charge is 0.250 e. The number of nitrogens with zero attached hydrogens (tertiary/aromatic N) is 4. The zero-order chi connectivity index (χ0) is 16.8. The third-order valence-corrected chi connectivity index (χ3v) is 5.46. The number of hydrazone groups is 1. The molecule has 7 heteroatoms. The van der Waals surface area contributed by atoms with Crippen molar-refractivity contribution in [1.29, 1.82) is 0 Å². The molecule has 1 aliphatic rings. The summed E-state index contributed by atoms with van der Waals surface area (Å²) >= 11 is 1.74. The predicted molar refractivity (Wildman–Crippen MR) is 95.7 cm³/mol. The molecule has 0 radical (unpaired) electrons. The van der Waals surface area contributed by atoms with Gasteiger partial charge in [-0.15, -0.1) is 21.5 Å². The standard InChI is InChI=1S/C17H17N5OS/c1-9-10(2)24-16-14(9)15(12-5-7-13(23-4)8-6-12)19-21-17-20-18-11(3)22(16)17/h5-8H,1-4H3,(H,20,21). The molecule has 1 N–H and O–H groups in total. The molecule has 0 aliphatic carbocycles. The minimum absolute atomic E-state index is 0.638. The van der Waals surface area contributed by atoms with Crippen molar-refractivity contribution in [2.24, 2.45) is 5.10 Å². The molecule has 0 fully saturated rings.